The Balaban J connectivity index is 2.23. The highest BCUT2D eigenvalue weighted by Crippen LogP contribution is 2.27. The van der Waals surface area contributed by atoms with Gasteiger partial charge in [0.2, 0.25) is 0 Å². The standard InChI is InChI=1S/C19H19NO4/c1-13(2)17-10-4-14(12-18(17)20(22)23)5-11-19(21)15-6-8-16(24-3)9-7-15/h4-13H,1-3H3/b11-5+. The lowest BCUT2D eigenvalue weighted by Gasteiger charge is -2.07. The topological polar surface area (TPSA) is 69.4 Å². The maximum Gasteiger partial charge on any atom is 0.273 e. The molecule has 124 valence electrons. The Morgan fingerprint density at radius 2 is 1.83 bits per heavy atom. The highest BCUT2D eigenvalue weighted by Gasteiger charge is 2.16. The number of methoxy groups -OCH3 is 1. The van der Waals surface area contributed by atoms with Crippen LogP contribution in [0.4, 0.5) is 5.69 Å². The number of ketones is 1. The number of nitro groups is 1. The molecule has 5 heteroatoms. The van der Waals surface area contributed by atoms with E-state index < -0.39 is 4.92 Å². The van der Waals surface area contributed by atoms with Crippen LogP contribution in [0.2, 0.25) is 0 Å². The minimum atomic E-state index is -0.391. The van der Waals surface area contributed by atoms with Crippen LogP contribution in [0, 0.1) is 10.1 Å². The third-order valence-electron chi connectivity index (χ3n) is 3.67. The Bertz CT molecular complexity index is 776. The van der Waals surface area contributed by atoms with Crippen LogP contribution < -0.4 is 4.74 Å². The number of hydrogen-bond donors (Lipinski definition) is 0. The predicted octanol–water partition coefficient (Wildman–Crippen LogP) is 4.62. The Morgan fingerprint density at radius 1 is 1.17 bits per heavy atom. The smallest absolute Gasteiger partial charge is 0.273 e. The molecule has 0 heterocycles. The van der Waals surface area contributed by atoms with Gasteiger partial charge in [-0.25, -0.2) is 0 Å². The van der Waals surface area contributed by atoms with Gasteiger partial charge < -0.3 is 4.74 Å². The molecule has 0 aliphatic carbocycles. The summed E-state index contributed by atoms with van der Waals surface area (Å²) in [6.07, 6.45) is 3.00. The number of carbonyl (C=O) groups is 1. The first-order valence-corrected chi connectivity index (χ1v) is 7.57. The minimum Gasteiger partial charge on any atom is -0.497 e. The number of ether oxygens (including phenoxy) is 1. The summed E-state index contributed by atoms with van der Waals surface area (Å²) < 4.78 is 5.05. The van der Waals surface area contributed by atoms with Gasteiger partial charge in [-0.1, -0.05) is 32.1 Å². The molecular formula is C19H19NO4. The van der Waals surface area contributed by atoms with Crippen molar-refractivity contribution >= 4 is 17.5 Å². The molecule has 0 unspecified atom stereocenters. The zero-order valence-corrected chi connectivity index (χ0v) is 13.9. The van der Waals surface area contributed by atoms with E-state index in [1.54, 1.807) is 49.6 Å². The van der Waals surface area contributed by atoms with E-state index in [0.29, 0.717) is 22.4 Å². The number of nitro benzene ring substituents is 1. The molecule has 0 saturated carbocycles. The molecule has 24 heavy (non-hydrogen) atoms. The van der Waals surface area contributed by atoms with Gasteiger partial charge >= 0.3 is 0 Å². The lowest BCUT2D eigenvalue weighted by atomic mass is 9.99. The maximum absolute atomic E-state index is 12.2. The van der Waals surface area contributed by atoms with Gasteiger partial charge in [0.1, 0.15) is 5.75 Å². The van der Waals surface area contributed by atoms with Crippen LogP contribution >= 0.6 is 0 Å². The van der Waals surface area contributed by atoms with E-state index in [1.807, 2.05) is 13.8 Å². The molecule has 0 amide bonds. The third kappa shape index (κ3) is 4.07. The van der Waals surface area contributed by atoms with Crippen molar-refractivity contribution in [3.05, 3.63) is 75.3 Å². The number of nitrogens with zero attached hydrogens (tertiary/aromatic N) is 1. The van der Waals surface area contributed by atoms with Crippen molar-refractivity contribution in [3.8, 4) is 5.75 Å². The molecule has 0 bridgehead atoms. The second-order valence-corrected chi connectivity index (χ2v) is 5.66. The maximum atomic E-state index is 12.2. The van der Waals surface area contributed by atoms with E-state index in [2.05, 4.69) is 0 Å². The van der Waals surface area contributed by atoms with Crippen molar-refractivity contribution in [2.75, 3.05) is 7.11 Å². The van der Waals surface area contributed by atoms with E-state index in [1.165, 1.54) is 12.1 Å². The fourth-order valence-corrected chi connectivity index (χ4v) is 2.33. The summed E-state index contributed by atoms with van der Waals surface area (Å²) in [7, 11) is 1.56. The fraction of sp³-hybridized carbons (Fsp3) is 0.211. The summed E-state index contributed by atoms with van der Waals surface area (Å²) in [5.41, 5.74) is 1.90. The van der Waals surface area contributed by atoms with E-state index in [4.69, 9.17) is 4.74 Å². The molecule has 0 aliphatic rings. The summed E-state index contributed by atoms with van der Waals surface area (Å²) in [5, 5.41) is 11.2. The monoisotopic (exact) mass is 325 g/mol. The highest BCUT2D eigenvalue weighted by molar-refractivity contribution is 6.06. The Morgan fingerprint density at radius 3 is 2.38 bits per heavy atom. The number of benzene rings is 2. The Hall–Kier alpha value is -2.95. The molecule has 0 atom stereocenters. The molecule has 2 rings (SSSR count). The van der Waals surface area contributed by atoms with Crippen LogP contribution in [0.5, 0.6) is 5.75 Å². The van der Waals surface area contributed by atoms with E-state index >= 15 is 0 Å². The molecule has 0 saturated heterocycles. The molecule has 0 fully saturated rings. The lowest BCUT2D eigenvalue weighted by molar-refractivity contribution is -0.385. The van der Waals surface area contributed by atoms with E-state index in [-0.39, 0.29) is 17.4 Å². The van der Waals surface area contributed by atoms with Crippen molar-refractivity contribution in [2.24, 2.45) is 0 Å². The Labute approximate surface area is 140 Å². The third-order valence-corrected chi connectivity index (χ3v) is 3.67. The van der Waals surface area contributed by atoms with Gasteiger partial charge in [0.25, 0.3) is 5.69 Å². The average molecular weight is 325 g/mol. The van der Waals surface area contributed by atoms with Crippen LogP contribution in [-0.4, -0.2) is 17.8 Å². The minimum absolute atomic E-state index is 0.0596. The number of rotatable bonds is 6. The van der Waals surface area contributed by atoms with Crippen LogP contribution in [0.1, 0.15) is 41.3 Å². The zero-order chi connectivity index (χ0) is 17.7. The van der Waals surface area contributed by atoms with Crippen molar-refractivity contribution < 1.29 is 14.5 Å². The fourth-order valence-electron chi connectivity index (χ4n) is 2.33. The molecule has 0 spiro atoms. The van der Waals surface area contributed by atoms with Crippen LogP contribution in [-0.2, 0) is 0 Å². The first kappa shape index (κ1) is 17.4. The first-order valence-electron chi connectivity index (χ1n) is 7.57. The zero-order valence-electron chi connectivity index (χ0n) is 13.9. The van der Waals surface area contributed by atoms with Crippen molar-refractivity contribution in [2.45, 2.75) is 19.8 Å². The molecule has 2 aromatic carbocycles. The lowest BCUT2D eigenvalue weighted by Crippen LogP contribution is -1.98. The normalized spacial score (nSPS) is 11.0. The molecule has 0 aromatic heterocycles. The van der Waals surface area contributed by atoms with Gasteiger partial charge in [-0.05, 0) is 41.8 Å². The predicted molar refractivity (Wildman–Crippen MR) is 93.5 cm³/mol. The van der Waals surface area contributed by atoms with E-state index in [9.17, 15) is 14.9 Å². The molecule has 0 N–H and O–H groups in total. The van der Waals surface area contributed by atoms with Crippen molar-refractivity contribution in [1.82, 2.24) is 0 Å². The molecule has 0 aliphatic heterocycles. The summed E-state index contributed by atoms with van der Waals surface area (Å²) in [5.74, 6) is 0.563. The Kier molecular flexibility index (Phi) is 5.47. The second-order valence-electron chi connectivity index (χ2n) is 5.66. The van der Waals surface area contributed by atoms with Gasteiger partial charge in [0.05, 0.1) is 12.0 Å². The second kappa shape index (κ2) is 7.55. The first-order chi connectivity index (χ1) is 11.4. The summed E-state index contributed by atoms with van der Waals surface area (Å²) in [6, 6.07) is 11.8. The summed E-state index contributed by atoms with van der Waals surface area (Å²) in [6.45, 7) is 3.82. The van der Waals surface area contributed by atoms with Crippen LogP contribution in [0.25, 0.3) is 6.08 Å². The molecular weight excluding hydrogens is 306 g/mol. The molecule has 2 aromatic rings. The molecule has 5 nitrogen and oxygen atoms in total. The highest BCUT2D eigenvalue weighted by atomic mass is 16.6. The number of allylic oxidation sites excluding steroid dienone is 1. The van der Waals surface area contributed by atoms with Crippen molar-refractivity contribution in [1.29, 1.82) is 0 Å². The van der Waals surface area contributed by atoms with Gasteiger partial charge in [0, 0.05) is 17.2 Å². The van der Waals surface area contributed by atoms with Gasteiger partial charge in [-0.3, -0.25) is 14.9 Å². The number of carbonyl (C=O) groups excluding carboxylic acids is 1. The van der Waals surface area contributed by atoms with Gasteiger partial charge in [0.15, 0.2) is 5.78 Å². The quantitative estimate of drug-likeness (QED) is 0.336. The van der Waals surface area contributed by atoms with Gasteiger partial charge in [-0.2, -0.15) is 0 Å². The van der Waals surface area contributed by atoms with Crippen LogP contribution in [0.15, 0.2) is 48.5 Å². The SMILES string of the molecule is COc1ccc(C(=O)/C=C/c2ccc(C(C)C)c([N+](=O)[O-])c2)cc1. The van der Waals surface area contributed by atoms with Crippen LogP contribution in [0.3, 0.4) is 0 Å². The number of hydrogen-bond acceptors (Lipinski definition) is 4. The largest absolute Gasteiger partial charge is 0.497 e. The summed E-state index contributed by atoms with van der Waals surface area (Å²) >= 11 is 0. The average Bonchev–Trinajstić information content (AvgIpc) is 2.59. The van der Waals surface area contributed by atoms with Gasteiger partial charge in [-0.15, -0.1) is 0 Å². The molecule has 0 radical (unpaired) electrons. The van der Waals surface area contributed by atoms with E-state index in [0.717, 1.165) is 0 Å². The summed E-state index contributed by atoms with van der Waals surface area (Å²) in [4.78, 5) is 23.0. The van der Waals surface area contributed by atoms with Crippen molar-refractivity contribution in [3.63, 3.8) is 0 Å².